The molecule has 0 aliphatic carbocycles. The molecule has 0 aliphatic rings. The molecule has 0 fully saturated rings. The molecule has 4 aromatic rings. The van der Waals surface area contributed by atoms with Crippen LogP contribution < -0.4 is 10.9 Å². The Morgan fingerprint density at radius 2 is 1.96 bits per heavy atom. The standard InChI is InChI=1S/C21H18N4O3/c1-2-25-19-17(6-3-11-22-19)24-18(21(25)27)14-7-9-15(10-8-14)20(26)23-13-16-5-4-12-28-16/h3-12H,2,13H2,1H3,(H,23,26). The average Bonchev–Trinajstić information content (AvgIpc) is 3.25. The number of aryl methyl sites for hydroxylation is 1. The Hall–Kier alpha value is -3.74. The van der Waals surface area contributed by atoms with Crippen LogP contribution in [-0.2, 0) is 13.1 Å². The molecule has 0 radical (unpaired) electrons. The van der Waals surface area contributed by atoms with Crippen molar-refractivity contribution in [2.45, 2.75) is 20.0 Å². The van der Waals surface area contributed by atoms with Crippen molar-refractivity contribution in [2.75, 3.05) is 0 Å². The van der Waals surface area contributed by atoms with Crippen LogP contribution >= 0.6 is 0 Å². The molecular weight excluding hydrogens is 356 g/mol. The van der Waals surface area contributed by atoms with Crippen LogP contribution in [0.5, 0.6) is 0 Å². The smallest absolute Gasteiger partial charge is 0.278 e. The van der Waals surface area contributed by atoms with E-state index in [9.17, 15) is 9.59 Å². The molecule has 0 atom stereocenters. The zero-order chi connectivity index (χ0) is 19.5. The van der Waals surface area contributed by atoms with Gasteiger partial charge in [-0.25, -0.2) is 9.97 Å². The number of carbonyl (C=O) groups is 1. The van der Waals surface area contributed by atoms with E-state index in [4.69, 9.17) is 4.42 Å². The van der Waals surface area contributed by atoms with Gasteiger partial charge in [0.25, 0.3) is 11.5 Å². The lowest BCUT2D eigenvalue weighted by Gasteiger charge is -2.10. The molecule has 3 heterocycles. The fourth-order valence-electron chi connectivity index (χ4n) is 3.02. The van der Waals surface area contributed by atoms with Gasteiger partial charge in [0.2, 0.25) is 0 Å². The lowest BCUT2D eigenvalue weighted by molar-refractivity contribution is 0.0948. The maximum Gasteiger partial charge on any atom is 0.278 e. The van der Waals surface area contributed by atoms with Crippen molar-refractivity contribution in [3.8, 4) is 11.3 Å². The molecule has 1 amide bonds. The van der Waals surface area contributed by atoms with E-state index in [-0.39, 0.29) is 11.5 Å². The molecule has 1 aromatic carbocycles. The second kappa shape index (κ2) is 7.48. The number of fused-ring (bicyclic) bond motifs is 1. The molecule has 140 valence electrons. The SMILES string of the molecule is CCn1c(=O)c(-c2ccc(C(=O)NCc3ccco3)cc2)nc2cccnc21. The van der Waals surface area contributed by atoms with Gasteiger partial charge in [0.1, 0.15) is 17.0 Å². The number of rotatable bonds is 5. The summed E-state index contributed by atoms with van der Waals surface area (Å²) in [5, 5.41) is 2.79. The van der Waals surface area contributed by atoms with E-state index in [1.54, 1.807) is 59.5 Å². The summed E-state index contributed by atoms with van der Waals surface area (Å²) in [5.74, 6) is 0.462. The average molecular weight is 374 g/mol. The molecule has 7 nitrogen and oxygen atoms in total. The molecule has 0 saturated carbocycles. The Morgan fingerprint density at radius 3 is 2.68 bits per heavy atom. The minimum absolute atomic E-state index is 0.205. The molecule has 7 heteroatoms. The third-order valence-electron chi connectivity index (χ3n) is 4.44. The van der Waals surface area contributed by atoms with Gasteiger partial charge < -0.3 is 9.73 Å². The zero-order valence-electron chi connectivity index (χ0n) is 15.3. The maximum atomic E-state index is 12.8. The first kappa shape index (κ1) is 17.7. The molecule has 1 N–H and O–H groups in total. The Kier molecular flexibility index (Phi) is 4.72. The van der Waals surface area contributed by atoms with Crippen molar-refractivity contribution in [3.05, 3.63) is 82.7 Å². The molecule has 0 spiro atoms. The van der Waals surface area contributed by atoms with Crippen LogP contribution in [0.4, 0.5) is 0 Å². The summed E-state index contributed by atoms with van der Waals surface area (Å²) in [5.41, 5.74) is 2.50. The number of hydrogen-bond donors (Lipinski definition) is 1. The highest BCUT2D eigenvalue weighted by Gasteiger charge is 2.13. The quantitative estimate of drug-likeness (QED) is 0.580. The lowest BCUT2D eigenvalue weighted by atomic mass is 10.1. The summed E-state index contributed by atoms with van der Waals surface area (Å²) in [7, 11) is 0. The molecular formula is C21H18N4O3. The predicted octanol–water partition coefficient (Wildman–Crippen LogP) is 3.00. The summed E-state index contributed by atoms with van der Waals surface area (Å²) in [6.07, 6.45) is 3.21. The largest absolute Gasteiger partial charge is 0.467 e. The van der Waals surface area contributed by atoms with E-state index in [1.165, 1.54) is 0 Å². The van der Waals surface area contributed by atoms with Crippen LogP contribution in [-0.4, -0.2) is 20.4 Å². The van der Waals surface area contributed by atoms with Gasteiger partial charge in [-0.1, -0.05) is 12.1 Å². The molecule has 28 heavy (non-hydrogen) atoms. The summed E-state index contributed by atoms with van der Waals surface area (Å²) in [6, 6.07) is 14.0. The van der Waals surface area contributed by atoms with Crippen molar-refractivity contribution in [3.63, 3.8) is 0 Å². The van der Waals surface area contributed by atoms with E-state index in [0.717, 1.165) is 0 Å². The van der Waals surface area contributed by atoms with Gasteiger partial charge in [0.05, 0.1) is 12.8 Å². The number of pyridine rings is 1. The Balaban J connectivity index is 1.63. The van der Waals surface area contributed by atoms with Crippen molar-refractivity contribution in [1.29, 1.82) is 0 Å². The normalized spacial score (nSPS) is 10.9. The van der Waals surface area contributed by atoms with E-state index in [0.29, 0.717) is 46.8 Å². The third-order valence-corrected chi connectivity index (χ3v) is 4.44. The van der Waals surface area contributed by atoms with Gasteiger partial charge in [0, 0.05) is 23.9 Å². The second-order valence-corrected chi connectivity index (χ2v) is 6.20. The number of nitrogens with zero attached hydrogens (tertiary/aromatic N) is 3. The fourth-order valence-corrected chi connectivity index (χ4v) is 3.02. The first-order valence-corrected chi connectivity index (χ1v) is 8.94. The van der Waals surface area contributed by atoms with Crippen LogP contribution in [0, 0.1) is 0 Å². The monoisotopic (exact) mass is 374 g/mol. The summed E-state index contributed by atoms with van der Waals surface area (Å²) in [4.78, 5) is 33.9. The van der Waals surface area contributed by atoms with Crippen molar-refractivity contribution in [2.24, 2.45) is 0 Å². The van der Waals surface area contributed by atoms with E-state index in [2.05, 4.69) is 15.3 Å². The Bertz CT molecular complexity index is 1180. The van der Waals surface area contributed by atoms with E-state index >= 15 is 0 Å². The number of aromatic nitrogens is 3. The van der Waals surface area contributed by atoms with Crippen molar-refractivity contribution < 1.29 is 9.21 Å². The summed E-state index contributed by atoms with van der Waals surface area (Å²) in [6.45, 7) is 2.70. The molecule has 0 saturated heterocycles. The van der Waals surface area contributed by atoms with E-state index < -0.39 is 0 Å². The maximum absolute atomic E-state index is 12.8. The number of amides is 1. The Morgan fingerprint density at radius 1 is 1.14 bits per heavy atom. The molecule has 3 aromatic heterocycles. The van der Waals surface area contributed by atoms with Gasteiger partial charge in [-0.15, -0.1) is 0 Å². The first-order chi connectivity index (χ1) is 13.7. The van der Waals surface area contributed by atoms with Gasteiger partial charge in [0.15, 0.2) is 5.65 Å². The minimum Gasteiger partial charge on any atom is -0.467 e. The fraction of sp³-hybridized carbons (Fsp3) is 0.143. The summed E-state index contributed by atoms with van der Waals surface area (Å²) < 4.78 is 6.80. The number of furan rings is 1. The van der Waals surface area contributed by atoms with E-state index in [1.807, 2.05) is 13.0 Å². The van der Waals surface area contributed by atoms with Crippen LogP contribution in [0.1, 0.15) is 23.0 Å². The predicted molar refractivity (Wildman–Crippen MR) is 105 cm³/mol. The molecule has 4 rings (SSSR count). The van der Waals surface area contributed by atoms with Crippen LogP contribution in [0.3, 0.4) is 0 Å². The topological polar surface area (TPSA) is 90.0 Å². The minimum atomic E-state index is -0.218. The van der Waals surface area contributed by atoms with Gasteiger partial charge in [-0.2, -0.15) is 0 Å². The zero-order valence-corrected chi connectivity index (χ0v) is 15.3. The number of hydrogen-bond acceptors (Lipinski definition) is 5. The highest BCUT2D eigenvalue weighted by molar-refractivity contribution is 5.94. The van der Waals surface area contributed by atoms with Crippen molar-refractivity contribution in [1.82, 2.24) is 19.9 Å². The molecule has 0 bridgehead atoms. The van der Waals surface area contributed by atoms with Crippen LogP contribution in [0.2, 0.25) is 0 Å². The van der Waals surface area contributed by atoms with Gasteiger partial charge >= 0.3 is 0 Å². The van der Waals surface area contributed by atoms with Crippen LogP contribution in [0.15, 0.2) is 70.2 Å². The Labute approximate surface area is 160 Å². The lowest BCUT2D eigenvalue weighted by Crippen LogP contribution is -2.24. The van der Waals surface area contributed by atoms with Crippen molar-refractivity contribution >= 4 is 17.1 Å². The third kappa shape index (κ3) is 3.29. The highest BCUT2D eigenvalue weighted by Crippen LogP contribution is 2.17. The number of benzene rings is 1. The summed E-state index contributed by atoms with van der Waals surface area (Å²) >= 11 is 0. The number of nitrogens with one attached hydrogen (secondary N) is 1. The van der Waals surface area contributed by atoms with Gasteiger partial charge in [-0.05, 0) is 43.3 Å². The molecule has 0 unspecified atom stereocenters. The van der Waals surface area contributed by atoms with Gasteiger partial charge in [-0.3, -0.25) is 14.2 Å². The highest BCUT2D eigenvalue weighted by atomic mass is 16.3. The number of carbonyl (C=O) groups excluding carboxylic acids is 1. The molecule has 0 aliphatic heterocycles. The first-order valence-electron chi connectivity index (χ1n) is 8.94. The second-order valence-electron chi connectivity index (χ2n) is 6.20. The van der Waals surface area contributed by atoms with Crippen LogP contribution in [0.25, 0.3) is 22.4 Å².